The van der Waals surface area contributed by atoms with Crippen LogP contribution in [0.2, 0.25) is 0 Å². The number of benzene rings is 1. The van der Waals surface area contributed by atoms with Gasteiger partial charge in [0.15, 0.2) is 11.5 Å². The minimum Gasteiger partial charge on any atom is -0.454 e. The molecule has 0 saturated heterocycles. The minimum absolute atomic E-state index is 0.118. The van der Waals surface area contributed by atoms with E-state index in [0.29, 0.717) is 12.6 Å². The number of aryl methyl sites for hydroxylation is 1. The molecule has 1 fully saturated rings. The van der Waals surface area contributed by atoms with E-state index < -0.39 is 0 Å². The van der Waals surface area contributed by atoms with Gasteiger partial charge in [-0.3, -0.25) is 9.69 Å². The first-order valence-corrected chi connectivity index (χ1v) is 9.09. The molecule has 1 saturated carbocycles. The first-order chi connectivity index (χ1) is 12.7. The summed E-state index contributed by atoms with van der Waals surface area (Å²) < 4.78 is 12.9. The molecule has 1 N–H and O–H groups in total. The van der Waals surface area contributed by atoms with E-state index in [1.54, 1.807) is 0 Å². The zero-order valence-electron chi connectivity index (χ0n) is 14.8. The highest BCUT2D eigenvalue weighted by atomic mass is 16.7. The van der Waals surface area contributed by atoms with Crippen molar-refractivity contribution in [3.05, 3.63) is 41.5 Å². The van der Waals surface area contributed by atoms with Crippen molar-refractivity contribution < 1.29 is 14.3 Å². The lowest BCUT2D eigenvalue weighted by Gasteiger charge is -2.32. The van der Waals surface area contributed by atoms with E-state index in [4.69, 9.17) is 9.47 Å². The molecular weight excluding hydrogens is 332 g/mol. The molecule has 26 heavy (non-hydrogen) atoms. The molecule has 0 bridgehead atoms. The summed E-state index contributed by atoms with van der Waals surface area (Å²) in [4.78, 5) is 19.6. The van der Waals surface area contributed by atoms with Crippen LogP contribution in [0.4, 0.5) is 0 Å². The Bertz CT molecular complexity index is 858. The third-order valence-corrected chi connectivity index (χ3v) is 5.29. The molecule has 1 aromatic carbocycles. The Hall–Kier alpha value is -2.54. The van der Waals surface area contributed by atoms with Crippen molar-refractivity contribution in [3.8, 4) is 11.5 Å². The van der Waals surface area contributed by atoms with Gasteiger partial charge in [-0.2, -0.15) is 0 Å². The molecule has 1 aromatic heterocycles. The fraction of sp³-hybridized carbons (Fsp3) is 0.474. The number of nitrogens with one attached hydrogen (secondary N) is 1. The quantitative estimate of drug-likeness (QED) is 0.902. The second kappa shape index (κ2) is 6.02. The van der Waals surface area contributed by atoms with Crippen molar-refractivity contribution in [2.45, 2.75) is 37.9 Å². The molecule has 3 heterocycles. The summed E-state index contributed by atoms with van der Waals surface area (Å²) in [7, 11) is 1.97. The van der Waals surface area contributed by atoms with Crippen LogP contribution in [-0.4, -0.2) is 39.7 Å². The van der Waals surface area contributed by atoms with Crippen molar-refractivity contribution >= 4 is 5.91 Å². The average Bonchev–Trinajstić information content (AvgIpc) is 3.19. The van der Waals surface area contributed by atoms with Crippen molar-refractivity contribution in [2.24, 2.45) is 7.05 Å². The van der Waals surface area contributed by atoms with Crippen LogP contribution in [0.5, 0.6) is 11.5 Å². The van der Waals surface area contributed by atoms with Crippen LogP contribution < -0.4 is 14.8 Å². The minimum atomic E-state index is -0.180. The molecule has 2 aliphatic heterocycles. The maximum atomic E-state index is 12.8. The number of aromatic nitrogens is 2. The maximum Gasteiger partial charge on any atom is 0.231 e. The number of carbonyl (C=O) groups excluding carboxylic acids is 1. The van der Waals surface area contributed by atoms with Crippen molar-refractivity contribution in [3.63, 3.8) is 0 Å². The summed E-state index contributed by atoms with van der Waals surface area (Å²) in [5.41, 5.74) is 3.19. The highest BCUT2D eigenvalue weighted by Crippen LogP contribution is 2.34. The lowest BCUT2D eigenvalue weighted by molar-refractivity contribution is -0.123. The molecular formula is C19H22N4O3. The SMILES string of the molecule is Cn1cnc2c1[C@H](C(=O)NC1CC1)CN(Cc1ccc3c(c1)OCO3)C2. The van der Waals surface area contributed by atoms with Crippen LogP contribution in [0.25, 0.3) is 0 Å². The zero-order chi connectivity index (χ0) is 17.7. The summed E-state index contributed by atoms with van der Waals surface area (Å²) in [6.07, 6.45) is 4.00. The van der Waals surface area contributed by atoms with E-state index >= 15 is 0 Å². The number of imidazole rings is 1. The Balaban J connectivity index is 1.37. The predicted molar refractivity (Wildman–Crippen MR) is 93.8 cm³/mol. The second-order valence-electron chi connectivity index (χ2n) is 7.38. The Labute approximate surface area is 151 Å². The van der Waals surface area contributed by atoms with Gasteiger partial charge in [0.25, 0.3) is 0 Å². The van der Waals surface area contributed by atoms with E-state index in [-0.39, 0.29) is 18.6 Å². The number of carbonyl (C=O) groups is 1. The number of fused-ring (bicyclic) bond motifs is 2. The molecule has 136 valence electrons. The fourth-order valence-corrected chi connectivity index (χ4v) is 3.83. The molecule has 0 unspecified atom stereocenters. The first-order valence-electron chi connectivity index (χ1n) is 9.09. The zero-order valence-corrected chi connectivity index (χ0v) is 14.8. The first kappa shape index (κ1) is 15.7. The van der Waals surface area contributed by atoms with Crippen molar-refractivity contribution in [1.82, 2.24) is 19.8 Å². The van der Waals surface area contributed by atoms with E-state index in [9.17, 15) is 4.79 Å². The van der Waals surface area contributed by atoms with E-state index in [2.05, 4.69) is 21.3 Å². The average molecular weight is 354 g/mol. The van der Waals surface area contributed by atoms with E-state index in [1.165, 1.54) is 0 Å². The number of nitrogens with zero attached hydrogens (tertiary/aromatic N) is 3. The van der Waals surface area contributed by atoms with Gasteiger partial charge in [-0.05, 0) is 30.5 Å². The summed E-state index contributed by atoms with van der Waals surface area (Å²) in [5.74, 6) is 1.52. The highest BCUT2D eigenvalue weighted by molar-refractivity contribution is 5.84. The molecule has 5 rings (SSSR count). The van der Waals surface area contributed by atoms with E-state index in [1.807, 2.05) is 30.1 Å². The van der Waals surface area contributed by atoms with Crippen LogP contribution >= 0.6 is 0 Å². The number of hydrogen-bond acceptors (Lipinski definition) is 5. The molecule has 1 atom stereocenters. The molecule has 1 amide bonds. The molecule has 3 aliphatic rings. The number of rotatable bonds is 4. The largest absolute Gasteiger partial charge is 0.454 e. The topological polar surface area (TPSA) is 68.6 Å². The summed E-state index contributed by atoms with van der Waals surface area (Å²) >= 11 is 0. The number of hydrogen-bond donors (Lipinski definition) is 1. The van der Waals surface area contributed by atoms with Gasteiger partial charge < -0.3 is 19.4 Å². The molecule has 7 heteroatoms. The predicted octanol–water partition coefficient (Wildman–Crippen LogP) is 1.53. The van der Waals surface area contributed by atoms with Crippen LogP contribution in [0.1, 0.15) is 35.7 Å². The third kappa shape index (κ3) is 2.82. The van der Waals surface area contributed by atoms with Gasteiger partial charge in [0.2, 0.25) is 12.7 Å². The Morgan fingerprint density at radius 2 is 2.15 bits per heavy atom. The monoisotopic (exact) mass is 354 g/mol. The number of ether oxygens (including phenoxy) is 2. The number of amides is 1. The molecule has 0 radical (unpaired) electrons. The van der Waals surface area contributed by atoms with Gasteiger partial charge in [0.1, 0.15) is 0 Å². The molecule has 7 nitrogen and oxygen atoms in total. The molecule has 1 aliphatic carbocycles. The van der Waals surface area contributed by atoms with Gasteiger partial charge in [-0.15, -0.1) is 0 Å². The summed E-state index contributed by atoms with van der Waals surface area (Å²) in [6.45, 7) is 2.47. The summed E-state index contributed by atoms with van der Waals surface area (Å²) in [6, 6.07) is 6.39. The van der Waals surface area contributed by atoms with E-state index in [0.717, 1.165) is 54.4 Å². The Morgan fingerprint density at radius 3 is 3.00 bits per heavy atom. The lowest BCUT2D eigenvalue weighted by atomic mass is 9.96. The third-order valence-electron chi connectivity index (χ3n) is 5.29. The van der Waals surface area contributed by atoms with Crippen molar-refractivity contribution in [1.29, 1.82) is 0 Å². The summed E-state index contributed by atoms with van der Waals surface area (Å²) in [5, 5.41) is 3.16. The van der Waals surface area contributed by atoms with Gasteiger partial charge in [-0.1, -0.05) is 6.07 Å². The van der Waals surface area contributed by atoms with Gasteiger partial charge in [0.05, 0.1) is 23.6 Å². The van der Waals surface area contributed by atoms with Crippen LogP contribution in [0.15, 0.2) is 24.5 Å². The maximum absolute atomic E-state index is 12.8. The smallest absolute Gasteiger partial charge is 0.231 e. The Morgan fingerprint density at radius 1 is 1.31 bits per heavy atom. The van der Waals surface area contributed by atoms with Crippen LogP contribution in [0.3, 0.4) is 0 Å². The van der Waals surface area contributed by atoms with Gasteiger partial charge in [-0.25, -0.2) is 4.98 Å². The second-order valence-corrected chi connectivity index (χ2v) is 7.38. The fourth-order valence-electron chi connectivity index (χ4n) is 3.83. The molecule has 2 aromatic rings. The standard InChI is InChI=1S/C19H22N4O3/c1-22-10-20-15-9-23(7-12-2-5-16-17(6-12)26-11-25-16)8-14(18(15)22)19(24)21-13-3-4-13/h2,5-6,10,13-14H,3-4,7-9,11H2,1H3,(H,21,24)/t14-/m1/s1. The lowest BCUT2D eigenvalue weighted by Crippen LogP contribution is -2.42. The van der Waals surface area contributed by atoms with Crippen LogP contribution in [0, 0.1) is 0 Å². The van der Waals surface area contributed by atoms with Gasteiger partial charge in [0, 0.05) is 32.7 Å². The van der Waals surface area contributed by atoms with Gasteiger partial charge >= 0.3 is 0 Å². The normalized spacial score (nSPS) is 21.5. The Kier molecular flexibility index (Phi) is 3.63. The van der Waals surface area contributed by atoms with Crippen LogP contribution in [-0.2, 0) is 24.9 Å². The highest BCUT2D eigenvalue weighted by Gasteiger charge is 2.36. The van der Waals surface area contributed by atoms with Crippen molar-refractivity contribution in [2.75, 3.05) is 13.3 Å². The molecule has 0 spiro atoms.